The van der Waals surface area contributed by atoms with Crippen LogP contribution in [0.5, 0.6) is 0 Å². The van der Waals surface area contributed by atoms with Crippen LogP contribution in [0.3, 0.4) is 0 Å². The molecule has 1 amide bonds. The Morgan fingerprint density at radius 1 is 0.649 bits per heavy atom. The number of benzene rings is 4. The van der Waals surface area contributed by atoms with E-state index in [1.165, 1.54) is 12.1 Å². The smallest absolute Gasteiger partial charge is 0.416 e. The van der Waals surface area contributed by atoms with Crippen LogP contribution >= 0.6 is 0 Å². The molecule has 7 heteroatoms. The van der Waals surface area contributed by atoms with Crippen LogP contribution in [-0.4, -0.2) is 23.0 Å². The third-order valence-electron chi connectivity index (χ3n) is 6.29. The number of rotatable bonds is 8. The number of nitrogens with one attached hydrogen (secondary N) is 1. The van der Waals surface area contributed by atoms with Gasteiger partial charge in [0.05, 0.1) is 5.56 Å². The minimum atomic E-state index is -4.50. The summed E-state index contributed by atoms with van der Waals surface area (Å²) in [5.74, 6) is -1.85. The minimum absolute atomic E-state index is 0.187. The van der Waals surface area contributed by atoms with Gasteiger partial charge >= 0.3 is 12.1 Å². The quantitative estimate of drug-likeness (QED) is 0.297. The second kappa shape index (κ2) is 10.7. The largest absolute Gasteiger partial charge is 0.480 e. The molecule has 2 N–H and O–H groups in total. The Morgan fingerprint density at radius 2 is 1.05 bits per heavy atom. The van der Waals surface area contributed by atoms with Crippen LogP contribution in [0.15, 0.2) is 115 Å². The normalized spacial score (nSPS) is 12.5. The Bertz CT molecular complexity index is 1240. The minimum Gasteiger partial charge on any atom is -0.480 e. The number of hydrogen-bond donors (Lipinski definition) is 2. The van der Waals surface area contributed by atoms with Crippen molar-refractivity contribution in [3.8, 4) is 0 Å². The second-order valence-electron chi connectivity index (χ2n) is 8.61. The van der Waals surface area contributed by atoms with E-state index >= 15 is 0 Å². The van der Waals surface area contributed by atoms with Crippen molar-refractivity contribution in [2.24, 2.45) is 0 Å². The summed E-state index contributed by atoms with van der Waals surface area (Å²) in [6.07, 6.45) is -4.69. The standard InChI is InChI=1S/C30H24F3NO3/c31-30(32,33)25-18-16-21(17-19-25)20-26(27(35)36)34-28(37)29(22-10-4-1-5-11-22,23-12-6-2-7-13-23)24-14-8-3-9-15-24/h1-19,26H,20H2,(H,34,37)(H,35,36)/t26-/m1/s1. The van der Waals surface area contributed by atoms with Crippen LogP contribution in [0, 0.1) is 0 Å². The number of carboxylic acids is 1. The van der Waals surface area contributed by atoms with Gasteiger partial charge < -0.3 is 10.4 Å². The van der Waals surface area contributed by atoms with Gasteiger partial charge in [-0.3, -0.25) is 4.79 Å². The number of halogens is 3. The summed E-state index contributed by atoms with van der Waals surface area (Å²) >= 11 is 0. The second-order valence-corrected chi connectivity index (χ2v) is 8.61. The topological polar surface area (TPSA) is 66.4 Å². The molecule has 188 valence electrons. The number of amides is 1. The van der Waals surface area contributed by atoms with Crippen LogP contribution in [0.2, 0.25) is 0 Å². The first-order chi connectivity index (χ1) is 17.7. The highest BCUT2D eigenvalue weighted by atomic mass is 19.4. The summed E-state index contributed by atoms with van der Waals surface area (Å²) in [6.45, 7) is 0. The van der Waals surface area contributed by atoms with Crippen molar-refractivity contribution in [3.05, 3.63) is 143 Å². The van der Waals surface area contributed by atoms with E-state index in [-0.39, 0.29) is 6.42 Å². The Hall–Kier alpha value is -4.39. The van der Waals surface area contributed by atoms with Crippen molar-refractivity contribution >= 4 is 11.9 Å². The Kier molecular flexibility index (Phi) is 7.43. The van der Waals surface area contributed by atoms with E-state index in [0.717, 1.165) is 12.1 Å². The fourth-order valence-corrected chi connectivity index (χ4v) is 4.49. The molecular weight excluding hydrogens is 479 g/mol. The first-order valence-corrected chi connectivity index (χ1v) is 11.6. The Balaban J connectivity index is 1.77. The molecule has 4 rings (SSSR count). The molecule has 4 aromatic carbocycles. The summed E-state index contributed by atoms with van der Waals surface area (Å²) in [4.78, 5) is 26.4. The van der Waals surface area contributed by atoms with Crippen molar-refractivity contribution in [1.82, 2.24) is 5.32 Å². The van der Waals surface area contributed by atoms with Crippen LogP contribution in [0.4, 0.5) is 13.2 Å². The van der Waals surface area contributed by atoms with Gasteiger partial charge in [-0.15, -0.1) is 0 Å². The van der Waals surface area contributed by atoms with E-state index in [1.54, 1.807) is 36.4 Å². The van der Waals surface area contributed by atoms with E-state index in [9.17, 15) is 27.9 Å². The van der Waals surface area contributed by atoms with E-state index in [4.69, 9.17) is 0 Å². The summed E-state index contributed by atoms with van der Waals surface area (Å²) in [7, 11) is 0. The molecule has 0 spiro atoms. The molecule has 0 unspecified atom stereocenters. The lowest BCUT2D eigenvalue weighted by molar-refractivity contribution is -0.142. The van der Waals surface area contributed by atoms with Gasteiger partial charge in [-0.2, -0.15) is 13.2 Å². The number of carbonyl (C=O) groups excluding carboxylic acids is 1. The first-order valence-electron chi connectivity index (χ1n) is 11.6. The summed E-state index contributed by atoms with van der Waals surface area (Å²) in [6, 6.07) is 30.1. The SMILES string of the molecule is O=C(O)[C@@H](Cc1ccc(C(F)(F)F)cc1)NC(=O)C(c1ccccc1)(c1ccccc1)c1ccccc1. The lowest BCUT2D eigenvalue weighted by Gasteiger charge is -2.35. The zero-order valence-corrected chi connectivity index (χ0v) is 19.7. The maximum atomic E-state index is 14.2. The fourth-order valence-electron chi connectivity index (χ4n) is 4.49. The van der Waals surface area contributed by atoms with Crippen LogP contribution < -0.4 is 5.32 Å². The molecule has 1 atom stereocenters. The fraction of sp³-hybridized carbons (Fsp3) is 0.133. The zero-order chi connectivity index (χ0) is 26.5. The van der Waals surface area contributed by atoms with E-state index in [1.807, 2.05) is 54.6 Å². The van der Waals surface area contributed by atoms with Gasteiger partial charge in [-0.25, -0.2) is 4.79 Å². The first kappa shape index (κ1) is 25.7. The number of carbonyl (C=O) groups is 2. The van der Waals surface area contributed by atoms with Gasteiger partial charge in [-0.1, -0.05) is 103 Å². The highest BCUT2D eigenvalue weighted by Crippen LogP contribution is 2.39. The predicted octanol–water partition coefficient (Wildman–Crippen LogP) is 5.85. The molecule has 37 heavy (non-hydrogen) atoms. The molecule has 4 nitrogen and oxygen atoms in total. The van der Waals surface area contributed by atoms with E-state index in [0.29, 0.717) is 22.3 Å². The van der Waals surface area contributed by atoms with Gasteiger partial charge in [0, 0.05) is 6.42 Å². The zero-order valence-electron chi connectivity index (χ0n) is 19.7. The molecule has 0 aliphatic carbocycles. The molecule has 0 fully saturated rings. The maximum Gasteiger partial charge on any atom is 0.416 e. The van der Waals surface area contributed by atoms with E-state index < -0.39 is 35.1 Å². The Morgan fingerprint density at radius 3 is 1.41 bits per heavy atom. The average molecular weight is 504 g/mol. The molecule has 0 aromatic heterocycles. The predicted molar refractivity (Wildman–Crippen MR) is 134 cm³/mol. The summed E-state index contributed by atoms with van der Waals surface area (Å²) in [5.41, 5.74) is 0.0713. The molecule has 0 heterocycles. The van der Waals surface area contributed by atoms with E-state index in [2.05, 4.69) is 5.32 Å². The number of carboxylic acid groups (broad SMARTS) is 1. The molecule has 0 saturated carbocycles. The number of hydrogen-bond acceptors (Lipinski definition) is 2. The third kappa shape index (κ3) is 5.40. The third-order valence-corrected chi connectivity index (χ3v) is 6.29. The number of aliphatic carboxylic acids is 1. The van der Waals surface area contributed by atoms with Crippen LogP contribution in [0.25, 0.3) is 0 Å². The Labute approximate surface area is 212 Å². The highest BCUT2D eigenvalue weighted by Gasteiger charge is 2.45. The molecule has 0 saturated heterocycles. The lowest BCUT2D eigenvalue weighted by atomic mass is 9.68. The van der Waals surface area contributed by atoms with Crippen molar-refractivity contribution < 1.29 is 27.9 Å². The summed E-state index contributed by atoms with van der Waals surface area (Å²) < 4.78 is 38.8. The van der Waals surface area contributed by atoms with Crippen molar-refractivity contribution in [3.63, 3.8) is 0 Å². The van der Waals surface area contributed by atoms with Gasteiger partial charge in [0.1, 0.15) is 11.5 Å². The van der Waals surface area contributed by atoms with Crippen molar-refractivity contribution in [2.75, 3.05) is 0 Å². The molecular formula is C30H24F3NO3. The van der Waals surface area contributed by atoms with Crippen molar-refractivity contribution in [2.45, 2.75) is 24.1 Å². The molecule has 0 aliphatic rings. The maximum absolute atomic E-state index is 14.2. The molecule has 0 aliphatic heterocycles. The van der Waals surface area contributed by atoms with Gasteiger partial charge in [0.25, 0.3) is 0 Å². The van der Waals surface area contributed by atoms with Gasteiger partial charge in [0.2, 0.25) is 5.91 Å². The highest BCUT2D eigenvalue weighted by molar-refractivity contribution is 5.98. The lowest BCUT2D eigenvalue weighted by Crippen LogP contribution is -2.52. The van der Waals surface area contributed by atoms with Crippen LogP contribution in [0.1, 0.15) is 27.8 Å². The molecule has 4 aromatic rings. The van der Waals surface area contributed by atoms with Gasteiger partial charge in [-0.05, 0) is 34.4 Å². The number of alkyl halides is 3. The van der Waals surface area contributed by atoms with Gasteiger partial charge in [0.15, 0.2) is 0 Å². The average Bonchev–Trinajstić information content (AvgIpc) is 2.90. The van der Waals surface area contributed by atoms with Crippen LogP contribution in [-0.2, 0) is 27.6 Å². The van der Waals surface area contributed by atoms with Crippen molar-refractivity contribution in [1.29, 1.82) is 0 Å². The molecule has 0 bridgehead atoms. The monoisotopic (exact) mass is 503 g/mol. The summed E-state index contributed by atoms with van der Waals surface area (Å²) in [5, 5.41) is 12.6. The molecule has 0 radical (unpaired) electrons.